The quantitative estimate of drug-likeness (QED) is 0.783. The zero-order chi connectivity index (χ0) is 19.9. The number of Topliss-reactive ketones (excluding diaryl/α,β-unsaturated/α-hetero) is 1. The first-order chi connectivity index (χ1) is 12.6. The molecule has 1 unspecified atom stereocenters. The van der Waals surface area contributed by atoms with Gasteiger partial charge in [0.2, 0.25) is 5.88 Å². The van der Waals surface area contributed by atoms with Gasteiger partial charge in [-0.05, 0) is 37.0 Å². The standard InChI is InChI=1S/C21H24ClNO4/c1-11(2)26-20(25)18-16(12-5-7-13(22)8-6-12)17-14(24)9-21(3,4)10-15(17)27-19(18)23/h5-8,11,16H,9-10,23H2,1-4H3. The smallest absolute Gasteiger partial charge is 0.340 e. The number of ketones is 1. The van der Waals surface area contributed by atoms with Gasteiger partial charge in [-0.15, -0.1) is 0 Å². The van der Waals surface area contributed by atoms with Crippen LogP contribution in [0.4, 0.5) is 0 Å². The van der Waals surface area contributed by atoms with Crippen LogP contribution in [0.15, 0.2) is 47.1 Å². The maximum Gasteiger partial charge on any atom is 0.340 e. The minimum atomic E-state index is -0.624. The van der Waals surface area contributed by atoms with Gasteiger partial charge in [0.05, 0.1) is 12.0 Å². The van der Waals surface area contributed by atoms with E-state index >= 15 is 0 Å². The predicted octanol–water partition coefficient (Wildman–Crippen LogP) is 4.22. The topological polar surface area (TPSA) is 78.6 Å². The molecule has 6 heteroatoms. The number of carbonyl (C=O) groups is 2. The summed E-state index contributed by atoms with van der Waals surface area (Å²) in [5.74, 6) is -0.712. The highest BCUT2D eigenvalue weighted by Gasteiger charge is 2.45. The summed E-state index contributed by atoms with van der Waals surface area (Å²) in [5, 5.41) is 0.569. The number of halogens is 1. The molecule has 0 spiro atoms. The van der Waals surface area contributed by atoms with Crippen LogP contribution in [0.3, 0.4) is 0 Å². The maximum absolute atomic E-state index is 13.0. The van der Waals surface area contributed by atoms with Crippen LogP contribution in [0.1, 0.15) is 52.0 Å². The Labute approximate surface area is 164 Å². The molecule has 0 fully saturated rings. The van der Waals surface area contributed by atoms with E-state index < -0.39 is 11.9 Å². The highest BCUT2D eigenvalue weighted by molar-refractivity contribution is 6.30. The summed E-state index contributed by atoms with van der Waals surface area (Å²) in [6.45, 7) is 7.54. The van der Waals surface area contributed by atoms with E-state index in [1.165, 1.54) is 0 Å². The summed E-state index contributed by atoms with van der Waals surface area (Å²) in [6, 6.07) is 7.05. The summed E-state index contributed by atoms with van der Waals surface area (Å²) in [6.07, 6.45) is 0.636. The monoisotopic (exact) mass is 389 g/mol. The molecule has 0 amide bonds. The lowest BCUT2D eigenvalue weighted by atomic mass is 9.70. The third kappa shape index (κ3) is 3.88. The molecule has 1 aromatic carbocycles. The second-order valence-electron chi connectivity index (χ2n) is 8.10. The van der Waals surface area contributed by atoms with Crippen molar-refractivity contribution >= 4 is 23.4 Å². The Morgan fingerprint density at radius 3 is 2.48 bits per heavy atom. The number of carbonyl (C=O) groups excluding carboxylic acids is 2. The molecule has 27 heavy (non-hydrogen) atoms. The van der Waals surface area contributed by atoms with Gasteiger partial charge in [0.25, 0.3) is 0 Å². The Hall–Kier alpha value is -2.27. The van der Waals surface area contributed by atoms with E-state index in [9.17, 15) is 9.59 Å². The lowest BCUT2D eigenvalue weighted by molar-refractivity contribution is -0.143. The van der Waals surface area contributed by atoms with Gasteiger partial charge >= 0.3 is 5.97 Å². The Kier molecular flexibility index (Phi) is 5.08. The molecule has 1 aliphatic carbocycles. The highest BCUT2D eigenvalue weighted by Crippen LogP contribution is 2.48. The van der Waals surface area contributed by atoms with E-state index in [4.69, 9.17) is 26.8 Å². The van der Waals surface area contributed by atoms with Gasteiger partial charge in [-0.25, -0.2) is 4.79 Å². The molecule has 1 aromatic rings. The van der Waals surface area contributed by atoms with E-state index in [-0.39, 0.29) is 28.8 Å². The maximum atomic E-state index is 13.0. The highest BCUT2D eigenvalue weighted by atomic mass is 35.5. The van der Waals surface area contributed by atoms with Crippen molar-refractivity contribution in [2.24, 2.45) is 11.1 Å². The van der Waals surface area contributed by atoms with Crippen LogP contribution in [-0.4, -0.2) is 17.9 Å². The van der Waals surface area contributed by atoms with E-state index in [2.05, 4.69) is 0 Å². The average molecular weight is 390 g/mol. The molecular formula is C21H24ClNO4. The number of benzene rings is 1. The molecule has 144 valence electrons. The van der Waals surface area contributed by atoms with Crippen molar-refractivity contribution < 1.29 is 19.1 Å². The fourth-order valence-electron chi connectivity index (χ4n) is 3.65. The van der Waals surface area contributed by atoms with Crippen molar-refractivity contribution in [3.8, 4) is 0 Å². The lowest BCUT2D eigenvalue weighted by Crippen LogP contribution is -2.36. The molecule has 0 saturated heterocycles. The van der Waals surface area contributed by atoms with Crippen LogP contribution in [0.2, 0.25) is 5.02 Å². The molecule has 1 aliphatic heterocycles. The van der Waals surface area contributed by atoms with Crippen LogP contribution in [-0.2, 0) is 19.1 Å². The van der Waals surface area contributed by atoms with E-state index in [1.807, 2.05) is 13.8 Å². The molecular weight excluding hydrogens is 366 g/mol. The Morgan fingerprint density at radius 2 is 1.89 bits per heavy atom. The summed E-state index contributed by atoms with van der Waals surface area (Å²) >= 11 is 6.02. The van der Waals surface area contributed by atoms with Crippen molar-refractivity contribution in [3.63, 3.8) is 0 Å². The number of esters is 1. The van der Waals surface area contributed by atoms with Gasteiger partial charge in [0.15, 0.2) is 5.78 Å². The minimum absolute atomic E-state index is 0.00940. The zero-order valence-corrected chi connectivity index (χ0v) is 16.7. The molecule has 5 nitrogen and oxygen atoms in total. The van der Waals surface area contributed by atoms with Crippen molar-refractivity contribution in [2.75, 3.05) is 0 Å². The van der Waals surface area contributed by atoms with Crippen LogP contribution in [0.5, 0.6) is 0 Å². The van der Waals surface area contributed by atoms with Crippen molar-refractivity contribution in [2.45, 2.75) is 52.6 Å². The Bertz CT molecular complexity index is 849. The number of rotatable bonds is 3. The molecule has 1 atom stereocenters. The fraction of sp³-hybridized carbons (Fsp3) is 0.429. The van der Waals surface area contributed by atoms with Crippen LogP contribution in [0, 0.1) is 5.41 Å². The second kappa shape index (κ2) is 7.04. The van der Waals surface area contributed by atoms with Gasteiger partial charge in [-0.1, -0.05) is 37.6 Å². The number of nitrogens with two attached hydrogens (primary N) is 1. The van der Waals surface area contributed by atoms with Gasteiger partial charge in [0.1, 0.15) is 11.3 Å². The summed E-state index contributed by atoms with van der Waals surface area (Å²) in [4.78, 5) is 25.8. The largest absolute Gasteiger partial charge is 0.459 e. The van der Waals surface area contributed by atoms with E-state index in [0.29, 0.717) is 29.2 Å². The molecule has 0 aromatic heterocycles. The number of hydrogen-bond donors (Lipinski definition) is 1. The van der Waals surface area contributed by atoms with Gasteiger partial charge in [0, 0.05) is 23.4 Å². The van der Waals surface area contributed by atoms with Crippen molar-refractivity contribution in [1.82, 2.24) is 0 Å². The fourth-order valence-corrected chi connectivity index (χ4v) is 3.78. The van der Waals surface area contributed by atoms with E-state index in [1.54, 1.807) is 38.1 Å². The van der Waals surface area contributed by atoms with Crippen LogP contribution in [0.25, 0.3) is 0 Å². The molecule has 2 aliphatic rings. The second-order valence-corrected chi connectivity index (χ2v) is 8.53. The first-order valence-electron chi connectivity index (χ1n) is 8.99. The SMILES string of the molecule is CC(C)OC(=O)C1=C(N)OC2=C(C(=O)CC(C)(C)C2)C1c1ccc(Cl)cc1. The zero-order valence-electron chi connectivity index (χ0n) is 16.0. The predicted molar refractivity (Wildman–Crippen MR) is 103 cm³/mol. The Balaban J connectivity index is 2.15. The summed E-state index contributed by atoms with van der Waals surface area (Å²) < 4.78 is 11.2. The molecule has 1 heterocycles. The number of allylic oxidation sites excluding steroid dienone is 2. The van der Waals surface area contributed by atoms with Gasteiger partial charge < -0.3 is 15.2 Å². The molecule has 0 bridgehead atoms. The lowest BCUT2D eigenvalue weighted by Gasteiger charge is -2.38. The third-order valence-electron chi connectivity index (χ3n) is 4.72. The van der Waals surface area contributed by atoms with Gasteiger partial charge in [-0.3, -0.25) is 4.79 Å². The summed E-state index contributed by atoms with van der Waals surface area (Å²) in [7, 11) is 0. The summed E-state index contributed by atoms with van der Waals surface area (Å²) in [5.41, 5.74) is 7.32. The Morgan fingerprint density at radius 1 is 1.26 bits per heavy atom. The van der Waals surface area contributed by atoms with E-state index in [0.717, 1.165) is 5.56 Å². The molecule has 2 N–H and O–H groups in total. The minimum Gasteiger partial charge on any atom is -0.459 e. The first kappa shape index (κ1) is 19.5. The third-order valence-corrected chi connectivity index (χ3v) is 4.97. The number of hydrogen-bond acceptors (Lipinski definition) is 5. The average Bonchev–Trinajstić information content (AvgIpc) is 2.52. The van der Waals surface area contributed by atoms with Gasteiger partial charge in [-0.2, -0.15) is 0 Å². The molecule has 0 saturated carbocycles. The molecule has 0 radical (unpaired) electrons. The normalized spacial score (nSPS) is 21.9. The van der Waals surface area contributed by atoms with Crippen molar-refractivity contribution in [1.29, 1.82) is 0 Å². The van der Waals surface area contributed by atoms with Crippen molar-refractivity contribution in [3.05, 3.63) is 57.6 Å². The van der Waals surface area contributed by atoms with Crippen LogP contribution >= 0.6 is 11.6 Å². The number of ether oxygens (including phenoxy) is 2. The van der Waals surface area contributed by atoms with Crippen LogP contribution < -0.4 is 5.73 Å². The molecule has 3 rings (SSSR count). The first-order valence-corrected chi connectivity index (χ1v) is 9.37.